The minimum Gasteiger partial charge on any atom is -0.228 e. The molecule has 0 spiro atoms. The van der Waals surface area contributed by atoms with Crippen LogP contribution in [0.25, 0.3) is 88.2 Å². The minimum atomic E-state index is 0.636. The summed E-state index contributed by atoms with van der Waals surface area (Å²) >= 11 is 1.75. The second-order valence-corrected chi connectivity index (χ2v) is 12.7. The molecule has 0 unspecified atom stereocenters. The Morgan fingerprint density at radius 3 is 1.35 bits per heavy atom. The van der Waals surface area contributed by atoms with Gasteiger partial charge in [-0.2, -0.15) is 0 Å². The fourth-order valence-corrected chi connectivity index (χ4v) is 7.46. The summed E-state index contributed by atoms with van der Waals surface area (Å²) < 4.78 is 2.26. The first-order chi connectivity index (χ1) is 24.3. The standard InChI is InChI=1S/C43H27N5S/c1-5-15-28(16-6-1)35-27-36(29-17-7-2-8-18-29)45-43(44-35)34-25-13-23-32-38-33(24-14-26-37(38)49-39(32)34)42-47-40(30-19-9-3-10-20-30)46-41(48-42)31-21-11-4-12-22-31/h1-27H. The van der Waals surface area contributed by atoms with Crippen molar-refractivity contribution < 1.29 is 0 Å². The summed E-state index contributed by atoms with van der Waals surface area (Å²) in [5, 5.41) is 2.22. The van der Waals surface area contributed by atoms with Gasteiger partial charge in [0.15, 0.2) is 23.3 Å². The highest BCUT2D eigenvalue weighted by Gasteiger charge is 2.20. The van der Waals surface area contributed by atoms with E-state index in [1.54, 1.807) is 11.3 Å². The summed E-state index contributed by atoms with van der Waals surface area (Å²) in [4.78, 5) is 25.3. The first-order valence-electron chi connectivity index (χ1n) is 16.1. The highest BCUT2D eigenvalue weighted by Crippen LogP contribution is 2.43. The molecule has 9 rings (SSSR count). The maximum atomic E-state index is 5.15. The van der Waals surface area contributed by atoms with Gasteiger partial charge in [-0.05, 0) is 18.2 Å². The summed E-state index contributed by atoms with van der Waals surface area (Å²) in [5.74, 6) is 2.61. The van der Waals surface area contributed by atoms with Crippen molar-refractivity contribution in [3.63, 3.8) is 0 Å². The van der Waals surface area contributed by atoms with Gasteiger partial charge in [0.2, 0.25) is 0 Å². The molecule has 3 aromatic heterocycles. The van der Waals surface area contributed by atoms with Gasteiger partial charge in [-0.15, -0.1) is 11.3 Å². The van der Waals surface area contributed by atoms with Gasteiger partial charge in [0.1, 0.15) is 0 Å². The molecule has 3 heterocycles. The van der Waals surface area contributed by atoms with Crippen molar-refractivity contribution in [1.82, 2.24) is 24.9 Å². The van der Waals surface area contributed by atoms with Gasteiger partial charge in [-0.3, -0.25) is 0 Å². The van der Waals surface area contributed by atoms with Crippen LogP contribution >= 0.6 is 11.3 Å². The lowest BCUT2D eigenvalue weighted by Gasteiger charge is -2.10. The molecule has 0 aliphatic heterocycles. The molecule has 0 N–H and O–H groups in total. The minimum absolute atomic E-state index is 0.636. The van der Waals surface area contributed by atoms with Crippen molar-refractivity contribution in [1.29, 1.82) is 0 Å². The van der Waals surface area contributed by atoms with Crippen LogP contribution < -0.4 is 0 Å². The molecule has 0 amide bonds. The van der Waals surface area contributed by atoms with Crippen LogP contribution in [0.2, 0.25) is 0 Å². The van der Waals surface area contributed by atoms with Crippen molar-refractivity contribution in [2.75, 3.05) is 0 Å². The largest absolute Gasteiger partial charge is 0.228 e. The topological polar surface area (TPSA) is 64.5 Å². The predicted molar refractivity (Wildman–Crippen MR) is 201 cm³/mol. The molecule has 0 bridgehead atoms. The Bertz CT molecular complexity index is 2470. The van der Waals surface area contributed by atoms with Crippen LogP contribution in [-0.2, 0) is 0 Å². The van der Waals surface area contributed by atoms with Gasteiger partial charge in [-0.25, -0.2) is 24.9 Å². The van der Waals surface area contributed by atoms with E-state index in [2.05, 4.69) is 66.7 Å². The number of nitrogens with zero attached hydrogens (tertiary/aromatic N) is 5. The molecule has 5 nitrogen and oxygen atoms in total. The van der Waals surface area contributed by atoms with Gasteiger partial charge in [0.25, 0.3) is 0 Å². The lowest BCUT2D eigenvalue weighted by molar-refractivity contribution is 1.08. The lowest BCUT2D eigenvalue weighted by atomic mass is 10.0. The van der Waals surface area contributed by atoms with Crippen LogP contribution in [0.4, 0.5) is 0 Å². The van der Waals surface area contributed by atoms with Gasteiger partial charge >= 0.3 is 0 Å². The summed E-state index contributed by atoms with van der Waals surface area (Å²) in [6.07, 6.45) is 0. The Kier molecular flexibility index (Phi) is 7.26. The molecule has 0 radical (unpaired) electrons. The Balaban J connectivity index is 1.26. The molecule has 0 saturated carbocycles. The third kappa shape index (κ3) is 5.44. The predicted octanol–water partition coefficient (Wildman–Crippen LogP) is 11.0. The van der Waals surface area contributed by atoms with Crippen molar-refractivity contribution in [3.05, 3.63) is 164 Å². The van der Waals surface area contributed by atoms with Crippen LogP contribution in [0.3, 0.4) is 0 Å². The highest BCUT2D eigenvalue weighted by molar-refractivity contribution is 7.26. The molecule has 6 heteroatoms. The number of aromatic nitrogens is 5. The van der Waals surface area contributed by atoms with Crippen molar-refractivity contribution >= 4 is 31.5 Å². The van der Waals surface area contributed by atoms with Crippen molar-refractivity contribution in [2.45, 2.75) is 0 Å². The van der Waals surface area contributed by atoms with E-state index in [-0.39, 0.29) is 0 Å². The summed E-state index contributed by atoms with van der Waals surface area (Å²) in [7, 11) is 0. The molecule has 0 aliphatic carbocycles. The molecule has 9 aromatic rings. The number of fused-ring (bicyclic) bond motifs is 3. The first kappa shape index (κ1) is 28.8. The van der Waals surface area contributed by atoms with Crippen molar-refractivity contribution in [3.8, 4) is 68.1 Å². The van der Waals surface area contributed by atoms with Gasteiger partial charge < -0.3 is 0 Å². The van der Waals surface area contributed by atoms with Crippen LogP contribution in [0.5, 0.6) is 0 Å². The Labute approximate surface area is 287 Å². The molecule has 0 fully saturated rings. The number of thiophene rings is 1. The summed E-state index contributed by atoms with van der Waals surface area (Å²) in [5.41, 5.74) is 7.70. The number of hydrogen-bond acceptors (Lipinski definition) is 6. The summed E-state index contributed by atoms with van der Waals surface area (Å²) in [6.45, 7) is 0. The maximum Gasteiger partial charge on any atom is 0.164 e. The molecule has 49 heavy (non-hydrogen) atoms. The van der Waals surface area contributed by atoms with Crippen molar-refractivity contribution in [2.24, 2.45) is 0 Å². The molecule has 6 aromatic carbocycles. The van der Waals surface area contributed by atoms with E-state index in [0.29, 0.717) is 23.3 Å². The van der Waals surface area contributed by atoms with Crippen LogP contribution in [-0.4, -0.2) is 24.9 Å². The average molecular weight is 646 g/mol. The smallest absolute Gasteiger partial charge is 0.164 e. The fourth-order valence-electron chi connectivity index (χ4n) is 6.22. The van der Waals surface area contributed by atoms with E-state index in [0.717, 1.165) is 64.9 Å². The third-order valence-corrected chi connectivity index (χ3v) is 9.77. The van der Waals surface area contributed by atoms with Crippen LogP contribution in [0.15, 0.2) is 164 Å². The average Bonchev–Trinajstić information content (AvgIpc) is 3.58. The quantitative estimate of drug-likeness (QED) is 0.180. The Hall–Kier alpha value is -6.37. The van der Waals surface area contributed by atoms with Crippen LogP contribution in [0.1, 0.15) is 0 Å². The van der Waals surface area contributed by atoms with Crippen LogP contribution in [0, 0.1) is 0 Å². The molecular weight excluding hydrogens is 619 g/mol. The SMILES string of the molecule is c1ccc(-c2cc(-c3ccccc3)nc(-c3cccc4c3sc3cccc(-c5nc(-c6ccccc6)nc(-c6ccccc6)n5)c34)n2)cc1. The second kappa shape index (κ2) is 12.3. The molecule has 0 aliphatic rings. The number of hydrogen-bond donors (Lipinski definition) is 0. The maximum absolute atomic E-state index is 5.15. The van der Waals surface area contributed by atoms with E-state index in [1.165, 1.54) is 0 Å². The monoisotopic (exact) mass is 645 g/mol. The molecule has 0 atom stereocenters. The normalized spacial score (nSPS) is 11.3. The molecule has 230 valence electrons. The molecule has 0 saturated heterocycles. The van der Waals surface area contributed by atoms with Gasteiger partial charge in [0.05, 0.1) is 11.4 Å². The van der Waals surface area contributed by atoms with E-state index in [9.17, 15) is 0 Å². The Morgan fingerprint density at radius 2 is 0.796 bits per heavy atom. The zero-order chi connectivity index (χ0) is 32.6. The number of rotatable bonds is 6. The van der Waals surface area contributed by atoms with Gasteiger partial charge in [-0.1, -0.05) is 146 Å². The Morgan fingerprint density at radius 1 is 0.347 bits per heavy atom. The van der Waals surface area contributed by atoms with E-state index in [1.807, 2.05) is 97.1 Å². The highest BCUT2D eigenvalue weighted by atomic mass is 32.1. The zero-order valence-corrected chi connectivity index (χ0v) is 27.0. The zero-order valence-electron chi connectivity index (χ0n) is 26.2. The third-order valence-electron chi connectivity index (χ3n) is 8.57. The first-order valence-corrected chi connectivity index (χ1v) is 16.9. The summed E-state index contributed by atoms with van der Waals surface area (Å²) in [6, 6.07) is 55.6. The van der Waals surface area contributed by atoms with E-state index < -0.39 is 0 Å². The second-order valence-electron chi connectivity index (χ2n) is 11.7. The lowest BCUT2D eigenvalue weighted by Crippen LogP contribution is -2.00. The van der Waals surface area contributed by atoms with Gasteiger partial charge in [0, 0.05) is 53.6 Å². The fraction of sp³-hybridized carbons (Fsp3) is 0. The number of benzene rings is 6. The molecular formula is C43H27N5S. The van der Waals surface area contributed by atoms with E-state index in [4.69, 9.17) is 24.9 Å². The van der Waals surface area contributed by atoms with E-state index >= 15 is 0 Å².